The van der Waals surface area contributed by atoms with Crippen molar-refractivity contribution in [3.05, 3.63) is 72.2 Å². The van der Waals surface area contributed by atoms with E-state index in [1.54, 1.807) is 18.9 Å². The maximum Gasteiger partial charge on any atom is 0.191 e. The third-order valence-corrected chi connectivity index (χ3v) is 5.37. The van der Waals surface area contributed by atoms with Crippen molar-refractivity contribution in [2.75, 3.05) is 7.11 Å². The van der Waals surface area contributed by atoms with Crippen LogP contribution in [0.2, 0.25) is 0 Å². The van der Waals surface area contributed by atoms with Crippen molar-refractivity contribution in [1.82, 2.24) is 19.9 Å². The predicted octanol–water partition coefficient (Wildman–Crippen LogP) is 4.35. The lowest BCUT2D eigenvalue weighted by molar-refractivity contribution is 0.290. The molecule has 0 radical (unpaired) electrons. The molecule has 0 unspecified atom stereocenters. The molecular formula is C21H20N4O3S. The molecule has 2 heterocycles. The second-order valence-electron chi connectivity index (χ2n) is 6.26. The zero-order valence-corrected chi connectivity index (χ0v) is 16.9. The summed E-state index contributed by atoms with van der Waals surface area (Å²) in [6, 6.07) is 19.3. The molecule has 29 heavy (non-hydrogen) atoms. The summed E-state index contributed by atoms with van der Waals surface area (Å²) in [5.41, 5.74) is 1.86. The Hall–Kier alpha value is -3.26. The zero-order valence-electron chi connectivity index (χ0n) is 16.1. The Morgan fingerprint density at radius 3 is 2.52 bits per heavy atom. The maximum atomic E-state index is 5.79. The second kappa shape index (κ2) is 8.83. The molecule has 4 rings (SSSR count). The number of hydrogen-bond donors (Lipinski definition) is 0. The molecule has 0 bridgehead atoms. The average molecular weight is 408 g/mol. The fraction of sp³-hybridized carbons (Fsp3) is 0.190. The van der Waals surface area contributed by atoms with E-state index in [4.69, 9.17) is 14.0 Å². The van der Waals surface area contributed by atoms with Gasteiger partial charge >= 0.3 is 0 Å². The lowest BCUT2D eigenvalue weighted by Crippen LogP contribution is -2.04. The van der Waals surface area contributed by atoms with E-state index in [0.717, 1.165) is 39.5 Å². The molecule has 2 aromatic heterocycles. The predicted molar refractivity (Wildman–Crippen MR) is 110 cm³/mol. The van der Waals surface area contributed by atoms with Crippen LogP contribution in [0, 0.1) is 0 Å². The highest BCUT2D eigenvalue weighted by Gasteiger charge is 2.12. The molecule has 0 saturated heterocycles. The highest BCUT2D eigenvalue weighted by atomic mass is 32.2. The normalized spacial score (nSPS) is 10.8. The molecule has 8 heteroatoms. The molecule has 7 nitrogen and oxygen atoms in total. The Kier molecular flexibility index (Phi) is 5.81. The minimum absolute atomic E-state index is 0.332. The molecule has 2 aromatic carbocycles. The van der Waals surface area contributed by atoms with Crippen LogP contribution in [0.15, 0.2) is 70.3 Å². The van der Waals surface area contributed by atoms with Gasteiger partial charge in [-0.3, -0.25) is 0 Å². The first-order valence-electron chi connectivity index (χ1n) is 9.02. The van der Waals surface area contributed by atoms with Gasteiger partial charge in [-0.25, -0.2) is 0 Å². The fourth-order valence-electron chi connectivity index (χ4n) is 2.67. The number of ether oxygens (including phenoxy) is 2. The standard InChI is InChI=1S/C21H20N4O3S/c1-25-20(13-27-18-10-8-17(26-2)9-11-18)22-23-21(25)29-14-16-12-19(28-24-16)15-6-4-3-5-7-15/h3-12H,13-14H2,1-2H3. The van der Waals surface area contributed by atoms with Crippen LogP contribution in [0.5, 0.6) is 11.5 Å². The summed E-state index contributed by atoms with van der Waals surface area (Å²) in [6.45, 7) is 0.332. The van der Waals surface area contributed by atoms with Crippen LogP contribution in [0.4, 0.5) is 0 Å². The molecule has 0 amide bonds. The van der Waals surface area contributed by atoms with Gasteiger partial charge in [0.1, 0.15) is 18.1 Å². The number of methoxy groups -OCH3 is 1. The molecule has 0 spiro atoms. The number of aromatic nitrogens is 4. The highest BCUT2D eigenvalue weighted by molar-refractivity contribution is 7.98. The molecule has 0 saturated carbocycles. The summed E-state index contributed by atoms with van der Waals surface area (Å²) in [5, 5.41) is 13.4. The largest absolute Gasteiger partial charge is 0.497 e. The molecule has 148 valence electrons. The first-order chi connectivity index (χ1) is 14.2. The van der Waals surface area contributed by atoms with Gasteiger partial charge in [0.2, 0.25) is 0 Å². The summed E-state index contributed by atoms with van der Waals surface area (Å²) in [5.74, 6) is 3.68. The minimum Gasteiger partial charge on any atom is -0.497 e. The van der Waals surface area contributed by atoms with Gasteiger partial charge in [-0.1, -0.05) is 47.3 Å². The van der Waals surface area contributed by atoms with E-state index in [0.29, 0.717) is 12.4 Å². The van der Waals surface area contributed by atoms with Gasteiger partial charge in [-0.05, 0) is 24.3 Å². The topological polar surface area (TPSA) is 75.2 Å². The smallest absolute Gasteiger partial charge is 0.191 e. The molecule has 4 aromatic rings. The molecule has 0 N–H and O–H groups in total. The zero-order chi connectivity index (χ0) is 20.1. The van der Waals surface area contributed by atoms with E-state index in [1.807, 2.05) is 72.3 Å². The van der Waals surface area contributed by atoms with Crippen LogP contribution in [0.3, 0.4) is 0 Å². The van der Waals surface area contributed by atoms with Gasteiger partial charge in [0.25, 0.3) is 0 Å². The maximum absolute atomic E-state index is 5.79. The van der Waals surface area contributed by atoms with Gasteiger partial charge in [-0.15, -0.1) is 10.2 Å². The number of benzene rings is 2. The van der Waals surface area contributed by atoms with Crippen LogP contribution >= 0.6 is 11.8 Å². The van der Waals surface area contributed by atoms with Crippen molar-refractivity contribution < 1.29 is 14.0 Å². The summed E-state index contributed by atoms with van der Waals surface area (Å²) in [4.78, 5) is 0. The second-order valence-corrected chi connectivity index (χ2v) is 7.20. The van der Waals surface area contributed by atoms with Crippen LogP contribution in [-0.2, 0) is 19.4 Å². The van der Waals surface area contributed by atoms with Crippen molar-refractivity contribution in [3.63, 3.8) is 0 Å². The summed E-state index contributed by atoms with van der Waals surface area (Å²) in [6.07, 6.45) is 0. The number of rotatable bonds is 8. The molecule has 0 fully saturated rings. The van der Waals surface area contributed by atoms with Crippen molar-refractivity contribution in [2.24, 2.45) is 7.05 Å². The average Bonchev–Trinajstić information content (AvgIpc) is 3.38. The van der Waals surface area contributed by atoms with Gasteiger partial charge < -0.3 is 18.6 Å². The van der Waals surface area contributed by atoms with Crippen LogP contribution < -0.4 is 9.47 Å². The monoisotopic (exact) mass is 408 g/mol. The first kappa shape index (κ1) is 19.1. The van der Waals surface area contributed by atoms with Gasteiger partial charge in [-0.2, -0.15) is 0 Å². The quantitative estimate of drug-likeness (QED) is 0.401. The molecule has 0 aliphatic carbocycles. The summed E-state index contributed by atoms with van der Waals surface area (Å²) < 4.78 is 18.3. The van der Waals surface area contributed by atoms with E-state index in [1.165, 1.54) is 0 Å². The molecular weight excluding hydrogens is 388 g/mol. The summed E-state index contributed by atoms with van der Waals surface area (Å²) >= 11 is 1.55. The van der Waals surface area contributed by atoms with Crippen molar-refractivity contribution in [3.8, 4) is 22.8 Å². The van der Waals surface area contributed by atoms with E-state index in [9.17, 15) is 0 Å². The molecule has 0 atom stereocenters. The van der Waals surface area contributed by atoms with Gasteiger partial charge in [0.15, 0.2) is 16.7 Å². The Balaban J connectivity index is 1.34. The third kappa shape index (κ3) is 4.60. The van der Waals surface area contributed by atoms with Crippen LogP contribution in [0.25, 0.3) is 11.3 Å². The first-order valence-corrected chi connectivity index (χ1v) is 10.0. The number of hydrogen-bond acceptors (Lipinski definition) is 7. The van der Waals surface area contributed by atoms with Crippen LogP contribution in [-0.4, -0.2) is 27.0 Å². The third-order valence-electron chi connectivity index (χ3n) is 4.32. The minimum atomic E-state index is 0.332. The number of thioether (sulfide) groups is 1. The highest BCUT2D eigenvalue weighted by Crippen LogP contribution is 2.25. The SMILES string of the molecule is COc1ccc(OCc2nnc(SCc3cc(-c4ccccc4)on3)n2C)cc1. The Labute approximate surface area is 172 Å². The van der Waals surface area contributed by atoms with Crippen molar-refractivity contribution in [1.29, 1.82) is 0 Å². The van der Waals surface area contributed by atoms with Gasteiger partial charge in [0.05, 0.1) is 12.8 Å². The number of nitrogens with zero attached hydrogens (tertiary/aromatic N) is 4. The van der Waals surface area contributed by atoms with Gasteiger partial charge in [0, 0.05) is 24.4 Å². The summed E-state index contributed by atoms with van der Waals surface area (Å²) in [7, 11) is 3.56. The Morgan fingerprint density at radius 1 is 1.00 bits per heavy atom. The van der Waals surface area contributed by atoms with E-state index in [2.05, 4.69) is 15.4 Å². The fourth-order valence-corrected chi connectivity index (χ4v) is 3.48. The van der Waals surface area contributed by atoms with Crippen molar-refractivity contribution in [2.45, 2.75) is 17.5 Å². The van der Waals surface area contributed by atoms with Crippen LogP contribution in [0.1, 0.15) is 11.5 Å². The van der Waals surface area contributed by atoms with E-state index < -0.39 is 0 Å². The lowest BCUT2D eigenvalue weighted by Gasteiger charge is -2.07. The Bertz CT molecular complexity index is 1060. The molecule has 0 aliphatic heterocycles. The van der Waals surface area contributed by atoms with Crippen molar-refractivity contribution >= 4 is 11.8 Å². The van der Waals surface area contributed by atoms with E-state index in [-0.39, 0.29) is 0 Å². The Morgan fingerprint density at radius 2 is 1.76 bits per heavy atom. The lowest BCUT2D eigenvalue weighted by atomic mass is 10.2. The molecule has 0 aliphatic rings. The van der Waals surface area contributed by atoms with E-state index >= 15 is 0 Å².